The summed E-state index contributed by atoms with van der Waals surface area (Å²) in [7, 11) is 0. The first-order valence-electron chi connectivity index (χ1n) is 7.69. The van der Waals surface area contributed by atoms with Crippen molar-refractivity contribution in [2.24, 2.45) is 11.8 Å². The maximum absolute atomic E-state index is 5.54. The molecule has 0 saturated heterocycles. The van der Waals surface area contributed by atoms with Gasteiger partial charge in [0.05, 0.1) is 0 Å². The van der Waals surface area contributed by atoms with Crippen LogP contribution in [0.3, 0.4) is 0 Å². The Labute approximate surface area is 122 Å². The molecule has 0 aliphatic rings. The Morgan fingerprint density at radius 3 is 2.45 bits per heavy atom. The van der Waals surface area contributed by atoms with Crippen LogP contribution in [0.4, 0.5) is 11.6 Å². The number of hydrazine groups is 1. The van der Waals surface area contributed by atoms with E-state index < -0.39 is 0 Å². The second-order valence-electron chi connectivity index (χ2n) is 5.58. The van der Waals surface area contributed by atoms with Crippen LogP contribution >= 0.6 is 0 Å². The molecular weight excluding hydrogens is 250 g/mol. The first kappa shape index (κ1) is 16.7. The molecule has 114 valence electrons. The molecule has 0 radical (unpaired) electrons. The molecule has 0 saturated carbocycles. The lowest BCUT2D eigenvalue weighted by Gasteiger charge is -2.19. The summed E-state index contributed by atoms with van der Waals surface area (Å²) >= 11 is 0. The van der Waals surface area contributed by atoms with Gasteiger partial charge in [-0.3, -0.25) is 0 Å². The van der Waals surface area contributed by atoms with Gasteiger partial charge in [-0.1, -0.05) is 47.0 Å². The molecule has 5 nitrogen and oxygen atoms in total. The summed E-state index contributed by atoms with van der Waals surface area (Å²) in [6.45, 7) is 9.69. The van der Waals surface area contributed by atoms with Crippen LogP contribution in [0.1, 0.15) is 64.9 Å². The fourth-order valence-corrected chi connectivity index (χ4v) is 2.38. The van der Waals surface area contributed by atoms with E-state index in [0.717, 1.165) is 17.9 Å². The maximum atomic E-state index is 5.54. The normalized spacial score (nSPS) is 12.5. The van der Waals surface area contributed by atoms with Gasteiger partial charge in [0, 0.05) is 12.1 Å². The minimum Gasteiger partial charge on any atom is -0.369 e. The number of nitrogens with one attached hydrogen (secondary N) is 2. The molecule has 0 aliphatic carbocycles. The van der Waals surface area contributed by atoms with Crippen LogP contribution in [-0.2, 0) is 0 Å². The quantitative estimate of drug-likeness (QED) is 0.476. The Kier molecular flexibility index (Phi) is 7.30. The summed E-state index contributed by atoms with van der Waals surface area (Å²) in [6.07, 6.45) is 6.55. The molecule has 20 heavy (non-hydrogen) atoms. The van der Waals surface area contributed by atoms with Crippen LogP contribution in [-0.4, -0.2) is 16.5 Å². The smallest absolute Gasteiger partial charge is 0.148 e. The third-order valence-corrected chi connectivity index (χ3v) is 3.70. The molecule has 1 aromatic heterocycles. The SMILES string of the molecule is CCCCC(CC)CNc1ncnc(NN)c1C(C)C. The summed E-state index contributed by atoms with van der Waals surface area (Å²) in [5.74, 6) is 8.16. The van der Waals surface area contributed by atoms with E-state index in [1.165, 1.54) is 25.7 Å². The second-order valence-corrected chi connectivity index (χ2v) is 5.58. The Bertz CT molecular complexity index is 392. The number of rotatable bonds is 9. The third kappa shape index (κ3) is 4.63. The van der Waals surface area contributed by atoms with E-state index in [1.807, 2.05) is 0 Å². The van der Waals surface area contributed by atoms with Crippen LogP contribution in [0.5, 0.6) is 0 Å². The molecule has 1 atom stereocenters. The summed E-state index contributed by atoms with van der Waals surface area (Å²) < 4.78 is 0. The fourth-order valence-electron chi connectivity index (χ4n) is 2.38. The Balaban J connectivity index is 2.76. The lowest BCUT2D eigenvalue weighted by atomic mass is 9.99. The van der Waals surface area contributed by atoms with E-state index in [4.69, 9.17) is 5.84 Å². The lowest BCUT2D eigenvalue weighted by Crippen LogP contribution is -2.18. The molecular formula is C15H29N5. The van der Waals surface area contributed by atoms with Crippen molar-refractivity contribution in [2.45, 2.75) is 59.3 Å². The Hall–Kier alpha value is -1.36. The largest absolute Gasteiger partial charge is 0.369 e. The number of nitrogens with zero attached hydrogens (tertiary/aromatic N) is 2. The van der Waals surface area contributed by atoms with Crippen LogP contribution in [0.25, 0.3) is 0 Å². The molecule has 0 amide bonds. The number of unbranched alkanes of at least 4 members (excludes halogenated alkanes) is 1. The molecule has 1 rings (SSSR count). The number of hydrogen-bond donors (Lipinski definition) is 3. The molecule has 4 N–H and O–H groups in total. The first-order chi connectivity index (χ1) is 9.63. The van der Waals surface area contributed by atoms with Gasteiger partial charge in [-0.15, -0.1) is 0 Å². The molecule has 1 aromatic rings. The van der Waals surface area contributed by atoms with Gasteiger partial charge in [0.15, 0.2) is 0 Å². The summed E-state index contributed by atoms with van der Waals surface area (Å²) in [4.78, 5) is 8.57. The van der Waals surface area contributed by atoms with Gasteiger partial charge in [-0.05, 0) is 18.3 Å². The van der Waals surface area contributed by atoms with Gasteiger partial charge in [0.25, 0.3) is 0 Å². The van der Waals surface area contributed by atoms with Crippen molar-refractivity contribution in [2.75, 3.05) is 17.3 Å². The maximum Gasteiger partial charge on any atom is 0.148 e. The number of anilines is 2. The predicted molar refractivity (Wildman–Crippen MR) is 85.7 cm³/mol. The van der Waals surface area contributed by atoms with Gasteiger partial charge < -0.3 is 10.7 Å². The highest BCUT2D eigenvalue weighted by Gasteiger charge is 2.15. The highest BCUT2D eigenvalue weighted by molar-refractivity contribution is 5.58. The Morgan fingerprint density at radius 1 is 1.20 bits per heavy atom. The monoisotopic (exact) mass is 279 g/mol. The summed E-state index contributed by atoms with van der Waals surface area (Å²) in [6, 6.07) is 0. The first-order valence-corrected chi connectivity index (χ1v) is 7.69. The zero-order valence-electron chi connectivity index (χ0n) is 13.2. The second kappa shape index (κ2) is 8.74. The van der Waals surface area contributed by atoms with Crippen LogP contribution in [0, 0.1) is 5.92 Å². The number of hydrogen-bond acceptors (Lipinski definition) is 5. The summed E-state index contributed by atoms with van der Waals surface area (Å²) in [5, 5.41) is 3.48. The number of nitrogens with two attached hydrogens (primary N) is 1. The van der Waals surface area contributed by atoms with Gasteiger partial charge >= 0.3 is 0 Å². The Morgan fingerprint density at radius 2 is 1.90 bits per heavy atom. The topological polar surface area (TPSA) is 75.9 Å². The van der Waals surface area contributed by atoms with Crippen molar-refractivity contribution >= 4 is 11.6 Å². The molecule has 1 unspecified atom stereocenters. The molecule has 0 fully saturated rings. The van der Waals surface area contributed by atoms with E-state index >= 15 is 0 Å². The highest BCUT2D eigenvalue weighted by atomic mass is 15.3. The van der Waals surface area contributed by atoms with E-state index in [1.54, 1.807) is 6.33 Å². The summed E-state index contributed by atoms with van der Waals surface area (Å²) in [5.41, 5.74) is 3.72. The molecule has 5 heteroatoms. The van der Waals surface area contributed by atoms with E-state index in [2.05, 4.69) is 48.4 Å². The highest BCUT2D eigenvalue weighted by Crippen LogP contribution is 2.28. The fraction of sp³-hybridized carbons (Fsp3) is 0.733. The van der Waals surface area contributed by atoms with Gasteiger partial charge in [-0.2, -0.15) is 0 Å². The zero-order chi connectivity index (χ0) is 15.0. The van der Waals surface area contributed by atoms with E-state index in [9.17, 15) is 0 Å². The van der Waals surface area contributed by atoms with Crippen molar-refractivity contribution in [3.63, 3.8) is 0 Å². The lowest BCUT2D eigenvalue weighted by molar-refractivity contribution is 0.472. The minimum atomic E-state index is 0.320. The van der Waals surface area contributed by atoms with E-state index in [-0.39, 0.29) is 0 Å². The van der Waals surface area contributed by atoms with Crippen LogP contribution in [0.15, 0.2) is 6.33 Å². The van der Waals surface area contributed by atoms with Gasteiger partial charge in [0.1, 0.15) is 18.0 Å². The minimum absolute atomic E-state index is 0.320. The zero-order valence-corrected chi connectivity index (χ0v) is 13.2. The third-order valence-electron chi connectivity index (χ3n) is 3.70. The van der Waals surface area contributed by atoms with Crippen molar-refractivity contribution in [3.8, 4) is 0 Å². The van der Waals surface area contributed by atoms with Crippen molar-refractivity contribution in [1.82, 2.24) is 9.97 Å². The molecule has 0 bridgehead atoms. The van der Waals surface area contributed by atoms with Crippen molar-refractivity contribution < 1.29 is 0 Å². The average Bonchev–Trinajstić information content (AvgIpc) is 2.46. The molecule has 0 spiro atoms. The number of aromatic nitrogens is 2. The van der Waals surface area contributed by atoms with Crippen molar-refractivity contribution in [3.05, 3.63) is 11.9 Å². The van der Waals surface area contributed by atoms with Crippen LogP contribution < -0.4 is 16.6 Å². The van der Waals surface area contributed by atoms with Crippen molar-refractivity contribution in [1.29, 1.82) is 0 Å². The number of nitrogen functional groups attached to an aromatic ring is 1. The van der Waals surface area contributed by atoms with Gasteiger partial charge in [-0.25, -0.2) is 15.8 Å². The van der Waals surface area contributed by atoms with E-state index in [0.29, 0.717) is 17.7 Å². The average molecular weight is 279 g/mol. The van der Waals surface area contributed by atoms with Gasteiger partial charge in [0.2, 0.25) is 0 Å². The standard InChI is InChI=1S/C15H29N5/c1-5-7-8-12(6-2)9-17-14-13(11(3)4)15(20-16)19-10-18-14/h10-12H,5-9,16H2,1-4H3,(H2,17,18,19,20). The van der Waals surface area contributed by atoms with Crippen LogP contribution in [0.2, 0.25) is 0 Å². The molecule has 1 heterocycles. The predicted octanol–water partition coefficient (Wildman–Crippen LogP) is 3.51. The molecule has 0 aromatic carbocycles. The molecule has 0 aliphatic heterocycles.